The van der Waals surface area contributed by atoms with Crippen LogP contribution in [-0.4, -0.2) is 0 Å². The van der Waals surface area contributed by atoms with Crippen molar-refractivity contribution in [1.82, 2.24) is 0 Å². The first-order valence-electron chi connectivity index (χ1n) is 37.5. The van der Waals surface area contributed by atoms with Crippen molar-refractivity contribution in [3.63, 3.8) is 0 Å². The van der Waals surface area contributed by atoms with E-state index in [0.717, 1.165) is 84.2 Å². The summed E-state index contributed by atoms with van der Waals surface area (Å²) in [6, 6.07) is 163. The molecule has 506 valence electrons. The Bertz CT molecular complexity index is 6380. The fourth-order valence-corrected chi connectivity index (χ4v) is 18.2. The maximum absolute atomic E-state index is 2.56. The lowest BCUT2D eigenvalue weighted by molar-refractivity contribution is 0.768. The van der Waals surface area contributed by atoms with Gasteiger partial charge in [-0.1, -0.05) is 376 Å². The van der Waals surface area contributed by atoms with Crippen molar-refractivity contribution in [3.05, 3.63) is 481 Å². The number of hydrogen-bond acceptors (Lipinski definition) is 2. The highest BCUT2D eigenvalue weighted by Gasteiger charge is 2.49. The lowest BCUT2D eigenvalue weighted by atomic mass is 9.67. The average Bonchev–Trinajstić information content (AvgIpc) is 1.54. The highest BCUT2D eigenvalue weighted by molar-refractivity contribution is 6.08. The highest BCUT2D eigenvalue weighted by Crippen LogP contribution is 2.63. The number of rotatable bonds is 15. The molecule has 0 saturated heterocycles. The van der Waals surface area contributed by atoms with Gasteiger partial charge in [0, 0.05) is 33.2 Å². The van der Waals surface area contributed by atoms with E-state index in [1.807, 2.05) is 0 Å². The summed E-state index contributed by atoms with van der Waals surface area (Å²) < 4.78 is 0. The first kappa shape index (κ1) is 63.7. The summed E-state index contributed by atoms with van der Waals surface area (Å²) in [5, 5.41) is 4.70. The summed E-state index contributed by atoms with van der Waals surface area (Å²) in [7, 11) is 0. The first-order chi connectivity index (χ1) is 53.6. The SMILES string of the molecule is c1ccc(-c2ccc(N(c3cccc4c3-c3ccccc3C4(c3ccccc3)c3cccc(-c4cccc(-c5ccc(N(c6cccc7c6-c6ccccc6C7(c6ccccc6)c6ccccc6)c6cccc7ccccc67)cc5-c5ccccc5)c4)c3)c3cccc4ccccc34)c(-c3ccccc3)c2)cc1. The monoisotopic (exact) mass is 1370 g/mol. The Hall–Kier alpha value is -13.9. The van der Waals surface area contributed by atoms with Crippen LogP contribution in [-0.2, 0) is 10.8 Å². The zero-order valence-electron chi connectivity index (χ0n) is 59.5. The van der Waals surface area contributed by atoms with Crippen molar-refractivity contribution in [3.8, 4) is 77.9 Å². The Balaban J connectivity index is 0.759. The number of anilines is 6. The molecular weight excluding hydrogens is 1300 g/mol. The molecule has 0 N–H and O–H groups in total. The number of nitrogens with zero attached hydrogens (tertiary/aromatic N) is 2. The second-order valence-electron chi connectivity index (χ2n) is 28.5. The maximum Gasteiger partial charge on any atom is 0.0714 e. The quantitative estimate of drug-likeness (QED) is 0.101. The third-order valence-corrected chi connectivity index (χ3v) is 22.8. The number of fused-ring (bicyclic) bond motifs is 8. The van der Waals surface area contributed by atoms with Crippen LogP contribution in [0.2, 0.25) is 0 Å². The summed E-state index contributed by atoms with van der Waals surface area (Å²) in [6.07, 6.45) is 0. The minimum Gasteiger partial charge on any atom is -0.309 e. The van der Waals surface area contributed by atoms with Crippen molar-refractivity contribution in [2.75, 3.05) is 9.80 Å². The Morgan fingerprint density at radius 2 is 0.537 bits per heavy atom. The molecule has 0 saturated carbocycles. The molecule has 1 atom stereocenters. The summed E-state index contributed by atoms with van der Waals surface area (Å²) in [5.74, 6) is 0. The van der Waals surface area contributed by atoms with Gasteiger partial charge in [-0.25, -0.2) is 0 Å². The molecular formula is C106H72N2. The van der Waals surface area contributed by atoms with E-state index < -0.39 is 10.8 Å². The molecule has 0 spiro atoms. The van der Waals surface area contributed by atoms with E-state index in [-0.39, 0.29) is 0 Å². The molecule has 2 nitrogen and oxygen atoms in total. The largest absolute Gasteiger partial charge is 0.309 e. The fraction of sp³-hybridized carbons (Fsp3) is 0.0189. The lowest BCUT2D eigenvalue weighted by Crippen LogP contribution is -2.28. The number of benzene rings is 18. The normalized spacial score (nSPS) is 13.7. The minimum atomic E-state index is -0.738. The van der Waals surface area contributed by atoms with Gasteiger partial charge in [0.25, 0.3) is 0 Å². The van der Waals surface area contributed by atoms with Crippen LogP contribution in [0.25, 0.3) is 99.4 Å². The van der Waals surface area contributed by atoms with Gasteiger partial charge in [-0.2, -0.15) is 0 Å². The van der Waals surface area contributed by atoms with Gasteiger partial charge in [0.2, 0.25) is 0 Å². The second kappa shape index (κ2) is 26.7. The molecule has 0 bridgehead atoms. The molecule has 2 heteroatoms. The van der Waals surface area contributed by atoms with Crippen LogP contribution >= 0.6 is 0 Å². The summed E-state index contributed by atoms with van der Waals surface area (Å²) in [4.78, 5) is 5.10. The van der Waals surface area contributed by atoms with Crippen molar-refractivity contribution in [2.45, 2.75) is 10.8 Å². The molecule has 2 aliphatic rings. The van der Waals surface area contributed by atoms with Crippen LogP contribution in [0.5, 0.6) is 0 Å². The third kappa shape index (κ3) is 10.3. The van der Waals surface area contributed by atoms with Gasteiger partial charge in [0.1, 0.15) is 0 Å². The Kier molecular flexibility index (Phi) is 15.7. The van der Waals surface area contributed by atoms with Gasteiger partial charge in [-0.3, -0.25) is 0 Å². The van der Waals surface area contributed by atoms with Crippen molar-refractivity contribution < 1.29 is 0 Å². The van der Waals surface area contributed by atoms with E-state index >= 15 is 0 Å². The van der Waals surface area contributed by atoms with E-state index in [1.165, 1.54) is 93.9 Å². The van der Waals surface area contributed by atoms with Crippen molar-refractivity contribution in [2.24, 2.45) is 0 Å². The van der Waals surface area contributed by atoms with Crippen molar-refractivity contribution >= 4 is 55.7 Å². The topological polar surface area (TPSA) is 6.48 Å². The molecule has 0 aromatic heterocycles. The van der Waals surface area contributed by atoms with E-state index in [2.05, 4.69) is 447 Å². The molecule has 1 unspecified atom stereocenters. The number of hydrogen-bond donors (Lipinski definition) is 0. The highest BCUT2D eigenvalue weighted by atomic mass is 15.2. The smallest absolute Gasteiger partial charge is 0.0714 e. The van der Waals surface area contributed by atoms with Crippen LogP contribution in [0.3, 0.4) is 0 Å². The minimum absolute atomic E-state index is 0.582. The molecule has 18 aromatic rings. The predicted octanol–water partition coefficient (Wildman–Crippen LogP) is 28.0. The zero-order chi connectivity index (χ0) is 71.5. The molecule has 20 rings (SSSR count). The van der Waals surface area contributed by atoms with Crippen LogP contribution in [0.4, 0.5) is 34.1 Å². The third-order valence-electron chi connectivity index (χ3n) is 22.8. The summed E-state index contributed by atoms with van der Waals surface area (Å²) >= 11 is 0. The second-order valence-corrected chi connectivity index (χ2v) is 28.5. The van der Waals surface area contributed by atoms with Gasteiger partial charge >= 0.3 is 0 Å². The molecule has 0 aliphatic heterocycles. The Labute approximate surface area is 631 Å². The van der Waals surface area contributed by atoms with Crippen LogP contribution in [0.1, 0.15) is 44.5 Å². The van der Waals surface area contributed by atoms with Crippen LogP contribution in [0, 0.1) is 0 Å². The summed E-state index contributed by atoms with van der Waals surface area (Å²) in [6.45, 7) is 0. The van der Waals surface area contributed by atoms with E-state index in [1.54, 1.807) is 0 Å². The molecule has 108 heavy (non-hydrogen) atoms. The average molecular weight is 1370 g/mol. The van der Waals surface area contributed by atoms with Gasteiger partial charge in [-0.05, 0) is 177 Å². The van der Waals surface area contributed by atoms with Gasteiger partial charge in [-0.15, -0.1) is 0 Å². The maximum atomic E-state index is 2.56. The van der Waals surface area contributed by atoms with E-state index in [9.17, 15) is 0 Å². The molecule has 0 radical (unpaired) electrons. The lowest BCUT2D eigenvalue weighted by Gasteiger charge is -2.35. The van der Waals surface area contributed by atoms with Gasteiger partial charge < -0.3 is 9.80 Å². The molecule has 0 fully saturated rings. The standard InChI is InChI=1S/C106H72N2/c1-7-33-73(34-8-1)80-65-68-100(93(71-80)77-37-11-3-12-38-77)108(99-62-30-42-75-40-20-22-54-89(75)99)102-64-32-60-97-104(102)91-56-24-26-58-95(91)106(97,84-50-17-6-18-51-84)85-52-28-44-79(70-85)78-43-27-45-81(69-78)87-67-66-86(72-92(87)76-35-9-2-10-36-76)107(98-61-29-41-74-39-19-21-53-88(74)98)101-63-31-59-96-103(101)90-55-23-25-57-94(90)105(96,82-46-13-4-14-47-82)83-48-15-5-16-49-83/h1-72H. The van der Waals surface area contributed by atoms with E-state index in [0.29, 0.717) is 0 Å². The first-order valence-corrected chi connectivity index (χ1v) is 37.5. The molecule has 2 aliphatic carbocycles. The fourth-order valence-electron chi connectivity index (χ4n) is 18.2. The molecule has 0 heterocycles. The summed E-state index contributed by atoms with van der Waals surface area (Å²) in [5.41, 5.74) is 31.4. The van der Waals surface area contributed by atoms with E-state index in [4.69, 9.17) is 0 Å². The van der Waals surface area contributed by atoms with Crippen molar-refractivity contribution in [1.29, 1.82) is 0 Å². The van der Waals surface area contributed by atoms with Gasteiger partial charge in [0.05, 0.1) is 39.3 Å². The van der Waals surface area contributed by atoms with Crippen LogP contribution in [0.15, 0.2) is 437 Å². The van der Waals surface area contributed by atoms with Crippen LogP contribution < -0.4 is 9.80 Å². The zero-order valence-corrected chi connectivity index (χ0v) is 59.5. The Morgan fingerprint density at radius 3 is 1.10 bits per heavy atom. The predicted molar refractivity (Wildman–Crippen MR) is 453 cm³/mol. The molecule has 0 amide bonds. The van der Waals surface area contributed by atoms with Gasteiger partial charge in [0.15, 0.2) is 0 Å². The molecule has 18 aromatic carbocycles. The Morgan fingerprint density at radius 1 is 0.167 bits per heavy atom.